The van der Waals surface area contributed by atoms with Crippen molar-refractivity contribution in [3.8, 4) is 11.8 Å². The maximum Gasteiger partial charge on any atom is 0.121 e. The molecule has 0 aromatic heterocycles. The second-order valence-electron chi connectivity index (χ2n) is 6.04. The van der Waals surface area contributed by atoms with E-state index in [0.717, 1.165) is 23.5 Å². The molecule has 0 amide bonds. The van der Waals surface area contributed by atoms with Crippen LogP contribution in [-0.2, 0) is 0 Å². The van der Waals surface area contributed by atoms with Gasteiger partial charge in [0.05, 0.1) is 18.4 Å². The number of nitriles is 1. The summed E-state index contributed by atoms with van der Waals surface area (Å²) in [6, 6.07) is 9.89. The molecule has 0 saturated carbocycles. The number of nitrogens with one attached hydrogen (secondary N) is 1. The SMILES string of the molecule is CCN(c1cc(OC)ccc1C#N)C1CC2CCC(C1)N2. The molecular formula is C17H23N3O. The van der Waals surface area contributed by atoms with E-state index < -0.39 is 0 Å². The van der Waals surface area contributed by atoms with Crippen molar-refractivity contribution in [2.45, 2.75) is 50.7 Å². The van der Waals surface area contributed by atoms with Crippen LogP contribution in [0.3, 0.4) is 0 Å². The first-order chi connectivity index (χ1) is 10.2. The minimum Gasteiger partial charge on any atom is -0.497 e. The molecule has 1 aromatic rings. The fraction of sp³-hybridized carbons (Fsp3) is 0.588. The van der Waals surface area contributed by atoms with E-state index in [1.807, 2.05) is 18.2 Å². The number of piperidine rings is 1. The Hall–Kier alpha value is -1.73. The third-order valence-corrected chi connectivity index (χ3v) is 4.86. The van der Waals surface area contributed by atoms with Gasteiger partial charge in [0.25, 0.3) is 0 Å². The molecule has 112 valence electrons. The monoisotopic (exact) mass is 285 g/mol. The molecule has 3 rings (SSSR count). The van der Waals surface area contributed by atoms with Crippen LogP contribution in [0.4, 0.5) is 5.69 Å². The van der Waals surface area contributed by atoms with E-state index in [4.69, 9.17) is 4.74 Å². The van der Waals surface area contributed by atoms with Gasteiger partial charge in [0.2, 0.25) is 0 Å². The first-order valence-electron chi connectivity index (χ1n) is 7.86. The molecule has 4 nitrogen and oxygen atoms in total. The van der Waals surface area contributed by atoms with Crippen LogP contribution in [0.15, 0.2) is 18.2 Å². The van der Waals surface area contributed by atoms with Gasteiger partial charge in [0, 0.05) is 30.7 Å². The minimum absolute atomic E-state index is 0.521. The van der Waals surface area contributed by atoms with Gasteiger partial charge in [-0.05, 0) is 44.7 Å². The largest absolute Gasteiger partial charge is 0.497 e. The molecule has 2 fully saturated rings. The van der Waals surface area contributed by atoms with Crippen molar-refractivity contribution in [2.75, 3.05) is 18.6 Å². The smallest absolute Gasteiger partial charge is 0.121 e. The Morgan fingerprint density at radius 2 is 2.05 bits per heavy atom. The Balaban J connectivity index is 1.90. The lowest BCUT2D eigenvalue weighted by Gasteiger charge is -2.39. The molecule has 4 heteroatoms. The van der Waals surface area contributed by atoms with Crippen LogP contribution in [-0.4, -0.2) is 31.8 Å². The molecule has 2 aliphatic heterocycles. The summed E-state index contributed by atoms with van der Waals surface area (Å²) in [7, 11) is 1.67. The third-order valence-electron chi connectivity index (χ3n) is 4.86. The van der Waals surface area contributed by atoms with Crippen LogP contribution in [0.5, 0.6) is 5.75 Å². The normalized spacial score (nSPS) is 27.2. The van der Waals surface area contributed by atoms with E-state index in [-0.39, 0.29) is 0 Å². The summed E-state index contributed by atoms with van der Waals surface area (Å²) in [6.07, 6.45) is 4.93. The molecular weight excluding hydrogens is 262 g/mol. The van der Waals surface area contributed by atoms with Crippen molar-refractivity contribution in [3.05, 3.63) is 23.8 Å². The second-order valence-corrected chi connectivity index (χ2v) is 6.04. The van der Waals surface area contributed by atoms with Gasteiger partial charge in [-0.1, -0.05) is 0 Å². The molecule has 2 unspecified atom stereocenters. The average Bonchev–Trinajstić information content (AvgIpc) is 2.86. The average molecular weight is 285 g/mol. The predicted octanol–water partition coefficient (Wildman–Crippen LogP) is 2.68. The van der Waals surface area contributed by atoms with Gasteiger partial charge in [-0.15, -0.1) is 0 Å². The Labute approximate surface area is 126 Å². The highest BCUT2D eigenvalue weighted by atomic mass is 16.5. The number of methoxy groups -OCH3 is 1. The van der Waals surface area contributed by atoms with E-state index in [1.165, 1.54) is 25.7 Å². The Bertz CT molecular complexity index is 539. The number of hydrogen-bond acceptors (Lipinski definition) is 4. The molecule has 2 aliphatic rings. The molecule has 1 N–H and O–H groups in total. The molecule has 21 heavy (non-hydrogen) atoms. The first-order valence-corrected chi connectivity index (χ1v) is 7.86. The van der Waals surface area contributed by atoms with E-state index in [1.54, 1.807) is 7.11 Å². The molecule has 2 atom stereocenters. The van der Waals surface area contributed by atoms with Crippen LogP contribution in [0, 0.1) is 11.3 Å². The molecule has 1 aromatic carbocycles. The lowest BCUT2D eigenvalue weighted by molar-refractivity contribution is 0.348. The fourth-order valence-electron chi connectivity index (χ4n) is 3.88. The Kier molecular flexibility index (Phi) is 4.03. The maximum atomic E-state index is 9.41. The predicted molar refractivity (Wildman–Crippen MR) is 83.7 cm³/mol. The maximum absolute atomic E-state index is 9.41. The molecule has 2 bridgehead atoms. The van der Waals surface area contributed by atoms with Crippen molar-refractivity contribution in [3.63, 3.8) is 0 Å². The zero-order valence-corrected chi connectivity index (χ0v) is 12.8. The van der Waals surface area contributed by atoms with Gasteiger partial charge in [-0.25, -0.2) is 0 Å². The van der Waals surface area contributed by atoms with Crippen LogP contribution < -0.4 is 15.0 Å². The Morgan fingerprint density at radius 1 is 1.33 bits per heavy atom. The summed E-state index contributed by atoms with van der Waals surface area (Å²) in [5.41, 5.74) is 1.76. The standard InChI is InChI=1S/C17H23N3O/c1-3-20(15-8-13-5-6-14(9-15)19-13)17-10-16(21-2)7-4-12(17)11-18/h4,7,10,13-15,19H,3,5-6,8-9H2,1-2H3. The third kappa shape index (κ3) is 2.71. The van der Waals surface area contributed by atoms with Crippen molar-refractivity contribution < 1.29 is 4.74 Å². The lowest BCUT2D eigenvalue weighted by atomic mass is 9.97. The zero-order valence-electron chi connectivity index (χ0n) is 12.8. The highest BCUT2D eigenvalue weighted by Gasteiger charge is 2.36. The highest BCUT2D eigenvalue weighted by molar-refractivity contribution is 5.62. The zero-order chi connectivity index (χ0) is 14.8. The van der Waals surface area contributed by atoms with E-state index in [2.05, 4.69) is 23.2 Å². The molecule has 0 radical (unpaired) electrons. The van der Waals surface area contributed by atoms with E-state index >= 15 is 0 Å². The number of ether oxygens (including phenoxy) is 1. The summed E-state index contributed by atoms with van der Waals surface area (Å²) >= 11 is 0. The topological polar surface area (TPSA) is 48.3 Å². The molecule has 2 heterocycles. The van der Waals surface area contributed by atoms with Crippen LogP contribution in [0.1, 0.15) is 38.2 Å². The quantitative estimate of drug-likeness (QED) is 0.924. The van der Waals surface area contributed by atoms with Gasteiger partial charge in [-0.3, -0.25) is 0 Å². The summed E-state index contributed by atoms with van der Waals surface area (Å²) in [4.78, 5) is 2.40. The number of benzene rings is 1. The molecule has 2 saturated heterocycles. The summed E-state index contributed by atoms with van der Waals surface area (Å²) < 4.78 is 5.34. The first kappa shape index (κ1) is 14.2. The molecule has 0 spiro atoms. The van der Waals surface area contributed by atoms with Crippen LogP contribution >= 0.6 is 0 Å². The second kappa shape index (κ2) is 5.95. The van der Waals surface area contributed by atoms with Crippen molar-refractivity contribution in [1.29, 1.82) is 5.26 Å². The van der Waals surface area contributed by atoms with Gasteiger partial charge in [-0.2, -0.15) is 5.26 Å². The van der Waals surface area contributed by atoms with E-state index in [0.29, 0.717) is 18.1 Å². The number of nitrogens with zero attached hydrogens (tertiary/aromatic N) is 2. The van der Waals surface area contributed by atoms with Crippen molar-refractivity contribution >= 4 is 5.69 Å². The van der Waals surface area contributed by atoms with Crippen LogP contribution in [0.2, 0.25) is 0 Å². The van der Waals surface area contributed by atoms with Gasteiger partial charge >= 0.3 is 0 Å². The van der Waals surface area contributed by atoms with Crippen LogP contribution in [0.25, 0.3) is 0 Å². The summed E-state index contributed by atoms with van der Waals surface area (Å²) in [6.45, 7) is 3.09. The fourth-order valence-corrected chi connectivity index (χ4v) is 3.88. The van der Waals surface area contributed by atoms with Gasteiger partial charge in [0.1, 0.15) is 11.8 Å². The summed E-state index contributed by atoms with van der Waals surface area (Å²) in [5.74, 6) is 0.819. The van der Waals surface area contributed by atoms with Crippen molar-refractivity contribution in [2.24, 2.45) is 0 Å². The number of rotatable bonds is 4. The summed E-state index contributed by atoms with van der Waals surface area (Å²) in [5, 5.41) is 13.1. The van der Waals surface area contributed by atoms with Gasteiger partial charge in [0.15, 0.2) is 0 Å². The Morgan fingerprint density at radius 3 is 2.62 bits per heavy atom. The number of fused-ring (bicyclic) bond motifs is 2. The molecule has 0 aliphatic carbocycles. The number of anilines is 1. The van der Waals surface area contributed by atoms with Crippen molar-refractivity contribution in [1.82, 2.24) is 5.32 Å². The number of hydrogen-bond donors (Lipinski definition) is 1. The van der Waals surface area contributed by atoms with Gasteiger partial charge < -0.3 is 15.0 Å². The minimum atomic E-state index is 0.521. The van der Waals surface area contributed by atoms with E-state index in [9.17, 15) is 5.26 Å². The lowest BCUT2D eigenvalue weighted by Crippen LogP contribution is -2.48. The highest BCUT2D eigenvalue weighted by Crippen LogP contribution is 2.34.